The summed E-state index contributed by atoms with van der Waals surface area (Å²) in [5.74, 6) is -0.478. The molecule has 4 aromatic heterocycles. The quantitative estimate of drug-likeness (QED) is 0.326. The molecule has 6 rings (SSSR count). The number of aryl methyl sites for hydroxylation is 2. The minimum Gasteiger partial charge on any atom is -0.342 e. The van der Waals surface area contributed by atoms with Gasteiger partial charge >= 0.3 is 0 Å². The van der Waals surface area contributed by atoms with Crippen molar-refractivity contribution in [1.29, 1.82) is 0 Å². The minimum absolute atomic E-state index is 0.235. The lowest BCUT2D eigenvalue weighted by atomic mass is 10.1. The number of carbonyl (C=O) groups is 2. The lowest BCUT2D eigenvalue weighted by molar-refractivity contribution is 0.0938. The topological polar surface area (TPSA) is 141 Å². The maximum Gasteiger partial charge on any atom is 0.268 e. The number of para-hydroxylation sites is 1. The van der Waals surface area contributed by atoms with E-state index in [9.17, 15) is 14.4 Å². The van der Waals surface area contributed by atoms with Gasteiger partial charge in [-0.15, -0.1) is 0 Å². The van der Waals surface area contributed by atoms with Gasteiger partial charge in [0.1, 0.15) is 11.4 Å². The van der Waals surface area contributed by atoms with Gasteiger partial charge in [-0.3, -0.25) is 23.6 Å². The summed E-state index contributed by atoms with van der Waals surface area (Å²) in [4.78, 5) is 49.7. The third kappa shape index (κ3) is 4.61. The van der Waals surface area contributed by atoms with Crippen molar-refractivity contribution in [1.82, 2.24) is 39.2 Å². The van der Waals surface area contributed by atoms with E-state index in [1.165, 1.54) is 15.4 Å². The summed E-state index contributed by atoms with van der Waals surface area (Å²) >= 11 is 0. The van der Waals surface area contributed by atoms with Crippen LogP contribution in [0.15, 0.2) is 84.2 Å². The Morgan fingerprint density at radius 2 is 1.80 bits per heavy atom. The highest BCUT2D eigenvalue weighted by Gasteiger charge is 2.25. The zero-order valence-electron chi connectivity index (χ0n) is 22.4. The van der Waals surface area contributed by atoms with E-state index < -0.39 is 23.4 Å². The number of hydrogen-bond donors (Lipinski definition) is 2. The van der Waals surface area contributed by atoms with Gasteiger partial charge in [0.15, 0.2) is 5.65 Å². The molecule has 12 heteroatoms. The van der Waals surface area contributed by atoms with Gasteiger partial charge in [0.05, 0.1) is 45.8 Å². The van der Waals surface area contributed by atoms with Crippen LogP contribution in [0.3, 0.4) is 0 Å². The summed E-state index contributed by atoms with van der Waals surface area (Å²) < 4.78 is 4.52. The van der Waals surface area contributed by atoms with E-state index >= 15 is 0 Å². The van der Waals surface area contributed by atoms with E-state index in [-0.39, 0.29) is 5.39 Å². The molecule has 12 nitrogen and oxygen atoms in total. The molecule has 0 aliphatic carbocycles. The van der Waals surface area contributed by atoms with Gasteiger partial charge in [-0.1, -0.05) is 24.3 Å². The highest BCUT2D eigenvalue weighted by molar-refractivity contribution is 6.08. The van der Waals surface area contributed by atoms with Gasteiger partial charge in [-0.2, -0.15) is 10.2 Å². The monoisotopic (exact) mass is 547 g/mol. The van der Waals surface area contributed by atoms with Crippen LogP contribution in [0, 0.1) is 6.92 Å². The fraction of sp³-hybridized carbons (Fsp3) is 0.138. The molecule has 2 N–H and O–H groups in total. The first-order chi connectivity index (χ1) is 19.8. The number of carbonyl (C=O) groups excluding carboxylic acids is 2. The minimum atomic E-state index is -0.688. The summed E-state index contributed by atoms with van der Waals surface area (Å²) in [6.07, 6.45) is 6.35. The summed E-state index contributed by atoms with van der Waals surface area (Å²) in [5.41, 5.74) is 2.49. The lowest BCUT2D eigenvalue weighted by Crippen LogP contribution is -2.33. The zero-order valence-corrected chi connectivity index (χ0v) is 22.4. The van der Waals surface area contributed by atoms with Gasteiger partial charge in [-0.25, -0.2) is 14.5 Å². The summed E-state index contributed by atoms with van der Waals surface area (Å²) in [6.45, 7) is 3.50. The number of hydrogen-bond acceptors (Lipinski definition) is 7. The van der Waals surface area contributed by atoms with Crippen molar-refractivity contribution in [3.63, 3.8) is 0 Å². The van der Waals surface area contributed by atoms with Gasteiger partial charge in [0.2, 0.25) is 0 Å². The molecule has 0 unspecified atom stereocenters. The largest absolute Gasteiger partial charge is 0.342 e. The molecular formula is C29H25N9O3. The molecule has 1 atom stereocenters. The Balaban J connectivity index is 1.45. The van der Waals surface area contributed by atoms with Crippen LogP contribution in [0.1, 0.15) is 45.2 Å². The van der Waals surface area contributed by atoms with Gasteiger partial charge in [-0.05, 0) is 44.2 Å². The second kappa shape index (κ2) is 10.2. The van der Waals surface area contributed by atoms with Gasteiger partial charge < -0.3 is 10.6 Å². The Labute approximate surface area is 233 Å². The van der Waals surface area contributed by atoms with Crippen molar-refractivity contribution in [2.75, 3.05) is 5.32 Å². The normalized spacial score (nSPS) is 12.0. The lowest BCUT2D eigenvalue weighted by Gasteiger charge is -2.20. The van der Waals surface area contributed by atoms with E-state index in [4.69, 9.17) is 4.98 Å². The van der Waals surface area contributed by atoms with E-state index in [0.717, 1.165) is 0 Å². The maximum absolute atomic E-state index is 14.2. The molecule has 0 aliphatic rings. The predicted molar refractivity (Wildman–Crippen MR) is 152 cm³/mol. The summed E-state index contributed by atoms with van der Waals surface area (Å²) in [7, 11) is 1.71. The summed E-state index contributed by atoms with van der Waals surface area (Å²) in [6, 6.07) is 15.1. The molecule has 4 heterocycles. The smallest absolute Gasteiger partial charge is 0.268 e. The van der Waals surface area contributed by atoms with Gasteiger partial charge in [0.25, 0.3) is 17.4 Å². The molecule has 0 fully saturated rings. The molecule has 0 aliphatic heterocycles. The maximum atomic E-state index is 14.2. The molecule has 0 saturated carbocycles. The van der Waals surface area contributed by atoms with Crippen LogP contribution < -0.4 is 16.2 Å². The zero-order chi connectivity index (χ0) is 28.7. The van der Waals surface area contributed by atoms with Crippen molar-refractivity contribution >= 4 is 34.1 Å². The molecule has 0 bridgehead atoms. The third-order valence-corrected chi connectivity index (χ3v) is 6.69. The molecule has 2 amide bonds. The number of nitrogens with zero attached hydrogens (tertiary/aromatic N) is 7. The van der Waals surface area contributed by atoms with Crippen molar-refractivity contribution in [2.24, 2.45) is 7.05 Å². The Hall–Kier alpha value is -5.65. The molecule has 0 radical (unpaired) electrons. The number of rotatable bonds is 6. The summed E-state index contributed by atoms with van der Waals surface area (Å²) in [5, 5.41) is 14.4. The van der Waals surface area contributed by atoms with Crippen LogP contribution in [0.4, 0.5) is 5.69 Å². The van der Waals surface area contributed by atoms with E-state index in [0.29, 0.717) is 45.2 Å². The van der Waals surface area contributed by atoms with Crippen LogP contribution in [0.25, 0.3) is 22.2 Å². The first-order valence-electron chi connectivity index (χ1n) is 12.8. The fourth-order valence-corrected chi connectivity index (χ4v) is 4.80. The second-order valence-electron chi connectivity index (χ2n) is 9.55. The van der Waals surface area contributed by atoms with Crippen molar-refractivity contribution < 1.29 is 9.59 Å². The molecule has 41 heavy (non-hydrogen) atoms. The number of benzene rings is 2. The average Bonchev–Trinajstić information content (AvgIpc) is 3.55. The van der Waals surface area contributed by atoms with E-state index in [1.807, 2.05) is 18.2 Å². The standard InChI is InChI=1S/C29H25N9O3/c1-17-23(26-30-13-8-14-37(26)35-17)28(40)32-18(2)25-33-21-11-7-12-22(34-27(39)19-15-31-36(3)16-19)24(21)29(41)38(25)20-9-5-4-6-10-20/h4-16,18H,1-3H3,(H,32,40)(H,34,39)/t18-/m1/s1. The SMILES string of the molecule is Cc1nn2cccnc2c1C(=O)N[C@H](C)c1nc2cccc(NC(=O)c3cnn(C)c3)c2c(=O)n1-c1ccccc1. The second-order valence-corrected chi connectivity index (χ2v) is 9.55. The van der Waals surface area contributed by atoms with Crippen LogP contribution in [0.5, 0.6) is 0 Å². The van der Waals surface area contributed by atoms with Crippen LogP contribution in [0.2, 0.25) is 0 Å². The molecule has 0 saturated heterocycles. The molecule has 204 valence electrons. The number of amides is 2. The highest BCUT2D eigenvalue weighted by Crippen LogP contribution is 2.24. The van der Waals surface area contributed by atoms with Crippen LogP contribution >= 0.6 is 0 Å². The van der Waals surface area contributed by atoms with Gasteiger partial charge in [0, 0.05) is 25.6 Å². The Bertz CT molecular complexity index is 2010. The fourth-order valence-electron chi connectivity index (χ4n) is 4.80. The predicted octanol–water partition coefficient (Wildman–Crippen LogP) is 3.21. The molecule has 0 spiro atoms. The average molecular weight is 548 g/mol. The van der Waals surface area contributed by atoms with E-state index in [2.05, 4.69) is 25.8 Å². The van der Waals surface area contributed by atoms with Crippen LogP contribution in [-0.2, 0) is 7.05 Å². The Kier molecular flexibility index (Phi) is 6.34. The first-order valence-corrected chi connectivity index (χ1v) is 12.8. The number of fused-ring (bicyclic) bond motifs is 2. The third-order valence-electron chi connectivity index (χ3n) is 6.69. The van der Waals surface area contributed by atoms with E-state index in [1.54, 1.807) is 80.4 Å². The van der Waals surface area contributed by atoms with Crippen LogP contribution in [-0.4, -0.2) is 45.7 Å². The number of aromatic nitrogens is 7. The van der Waals surface area contributed by atoms with Crippen molar-refractivity contribution in [3.05, 3.63) is 112 Å². The number of nitrogens with one attached hydrogen (secondary N) is 2. The number of anilines is 1. The Morgan fingerprint density at radius 3 is 2.56 bits per heavy atom. The highest BCUT2D eigenvalue weighted by atomic mass is 16.2. The molecule has 6 aromatic rings. The van der Waals surface area contributed by atoms with Crippen molar-refractivity contribution in [3.8, 4) is 5.69 Å². The molecular weight excluding hydrogens is 522 g/mol. The Morgan fingerprint density at radius 1 is 1.00 bits per heavy atom. The molecule has 2 aromatic carbocycles. The van der Waals surface area contributed by atoms with Crippen molar-refractivity contribution in [2.45, 2.75) is 19.9 Å². The first kappa shape index (κ1) is 25.6.